The number of hydrazone groups is 1. The normalized spacial score (nSPS) is 11.4. The predicted molar refractivity (Wildman–Crippen MR) is 168 cm³/mol. The molecule has 0 radical (unpaired) electrons. The van der Waals surface area contributed by atoms with E-state index in [1.165, 1.54) is 4.31 Å². The Morgan fingerprint density at radius 1 is 0.878 bits per heavy atom. The predicted octanol–water partition coefficient (Wildman–Crippen LogP) is 6.65. The third kappa shape index (κ3) is 7.34. The molecular weight excluding hydrogens is 556 g/mol. The average molecular weight is 589 g/mol. The first-order valence-electron chi connectivity index (χ1n) is 13.3. The van der Waals surface area contributed by atoms with Gasteiger partial charge in [-0.25, -0.2) is 13.8 Å². The Morgan fingerprint density at radius 2 is 1.51 bits per heavy atom. The van der Waals surface area contributed by atoms with Crippen LogP contribution in [0.5, 0.6) is 0 Å². The summed E-state index contributed by atoms with van der Waals surface area (Å²) in [6, 6.07) is 28.0. The number of para-hydroxylation sites is 1. The number of benzene rings is 4. The Morgan fingerprint density at radius 3 is 2.15 bits per heavy atom. The highest BCUT2D eigenvalue weighted by Gasteiger charge is 2.28. The van der Waals surface area contributed by atoms with Gasteiger partial charge in [0.1, 0.15) is 0 Å². The lowest BCUT2D eigenvalue weighted by Crippen LogP contribution is -2.33. The van der Waals surface area contributed by atoms with E-state index >= 15 is 0 Å². The Kier molecular flexibility index (Phi) is 9.81. The lowest BCUT2D eigenvalue weighted by molar-refractivity contribution is 0.0955. The van der Waals surface area contributed by atoms with Crippen LogP contribution in [0.2, 0.25) is 5.02 Å². The van der Waals surface area contributed by atoms with Gasteiger partial charge in [-0.3, -0.25) is 9.10 Å². The standard InChI is InChI=1S/C32H33ClN4O3S/c1-4-36(5-2)28-18-14-25(15-19-28)22-34-35-32(38)30-8-6-7-9-31(30)37(23-26-12-16-27(33)17-13-26)41(39,40)29-20-10-24(3)11-21-29/h6-22H,4-5,23H2,1-3H3,(H,35,38)/b34-22+. The van der Waals surface area contributed by atoms with Crippen molar-refractivity contribution in [2.75, 3.05) is 22.3 Å². The minimum atomic E-state index is -4.04. The van der Waals surface area contributed by atoms with E-state index in [4.69, 9.17) is 11.6 Å². The maximum absolute atomic E-state index is 13.9. The quantitative estimate of drug-likeness (QED) is 0.157. The van der Waals surface area contributed by atoms with E-state index in [0.717, 1.165) is 29.9 Å². The monoisotopic (exact) mass is 588 g/mol. The fourth-order valence-electron chi connectivity index (χ4n) is 4.36. The molecule has 1 N–H and O–H groups in total. The molecule has 41 heavy (non-hydrogen) atoms. The highest BCUT2D eigenvalue weighted by Crippen LogP contribution is 2.30. The molecule has 7 nitrogen and oxygen atoms in total. The topological polar surface area (TPSA) is 82.1 Å². The number of hydrogen-bond acceptors (Lipinski definition) is 5. The van der Waals surface area contributed by atoms with E-state index in [1.807, 2.05) is 31.2 Å². The minimum Gasteiger partial charge on any atom is -0.372 e. The summed E-state index contributed by atoms with van der Waals surface area (Å²) in [6.45, 7) is 7.92. The summed E-state index contributed by atoms with van der Waals surface area (Å²) < 4.78 is 29.1. The molecule has 0 saturated heterocycles. The molecule has 0 spiro atoms. The van der Waals surface area contributed by atoms with Gasteiger partial charge in [0.25, 0.3) is 15.9 Å². The summed E-state index contributed by atoms with van der Waals surface area (Å²) in [7, 11) is -4.04. The van der Waals surface area contributed by atoms with Crippen LogP contribution in [0, 0.1) is 6.92 Å². The smallest absolute Gasteiger partial charge is 0.273 e. The molecule has 0 fully saturated rings. The van der Waals surface area contributed by atoms with Crippen LogP contribution < -0.4 is 14.6 Å². The van der Waals surface area contributed by atoms with Crippen molar-refractivity contribution in [3.05, 3.63) is 124 Å². The summed E-state index contributed by atoms with van der Waals surface area (Å²) in [5.74, 6) is -0.531. The molecule has 0 atom stereocenters. The van der Waals surface area contributed by atoms with Crippen molar-refractivity contribution in [3.63, 3.8) is 0 Å². The second-order valence-corrected chi connectivity index (χ2v) is 11.7. The molecular formula is C32H33ClN4O3S. The Balaban J connectivity index is 1.63. The molecule has 4 aromatic rings. The van der Waals surface area contributed by atoms with Gasteiger partial charge in [-0.1, -0.05) is 65.7 Å². The number of hydrogen-bond donors (Lipinski definition) is 1. The van der Waals surface area contributed by atoms with Crippen LogP contribution in [0.4, 0.5) is 11.4 Å². The van der Waals surface area contributed by atoms with E-state index in [-0.39, 0.29) is 22.7 Å². The molecule has 4 rings (SSSR count). The number of carbonyl (C=O) groups is 1. The van der Waals surface area contributed by atoms with Gasteiger partial charge in [-0.15, -0.1) is 0 Å². The van der Waals surface area contributed by atoms with E-state index in [9.17, 15) is 13.2 Å². The van der Waals surface area contributed by atoms with Crippen molar-refractivity contribution < 1.29 is 13.2 Å². The number of rotatable bonds is 11. The first kappa shape index (κ1) is 29.8. The Bertz CT molecular complexity index is 1600. The number of nitrogens with zero attached hydrogens (tertiary/aromatic N) is 3. The SMILES string of the molecule is CCN(CC)c1ccc(/C=N/NC(=O)c2ccccc2N(Cc2ccc(Cl)cc2)S(=O)(=O)c2ccc(C)cc2)cc1. The molecule has 1 amide bonds. The van der Waals surface area contributed by atoms with E-state index in [0.29, 0.717) is 10.6 Å². The minimum absolute atomic E-state index is 0.000172. The molecule has 0 bridgehead atoms. The average Bonchev–Trinajstić information content (AvgIpc) is 2.98. The maximum Gasteiger partial charge on any atom is 0.273 e. The third-order valence-corrected chi connectivity index (χ3v) is 8.69. The molecule has 9 heteroatoms. The molecule has 0 aliphatic heterocycles. The number of carbonyl (C=O) groups excluding carboxylic acids is 1. The second kappa shape index (κ2) is 13.5. The van der Waals surface area contributed by atoms with E-state index < -0.39 is 15.9 Å². The number of nitrogens with one attached hydrogen (secondary N) is 1. The number of anilines is 2. The van der Waals surface area contributed by atoms with Gasteiger partial charge in [-0.2, -0.15) is 5.10 Å². The van der Waals surface area contributed by atoms with Crippen molar-refractivity contribution in [1.82, 2.24) is 5.43 Å². The number of amides is 1. The van der Waals surface area contributed by atoms with Gasteiger partial charge < -0.3 is 4.90 Å². The van der Waals surface area contributed by atoms with Crippen LogP contribution in [-0.4, -0.2) is 33.6 Å². The summed E-state index contributed by atoms with van der Waals surface area (Å²) in [6.07, 6.45) is 1.56. The highest BCUT2D eigenvalue weighted by atomic mass is 35.5. The largest absolute Gasteiger partial charge is 0.372 e. The summed E-state index contributed by atoms with van der Waals surface area (Å²) in [4.78, 5) is 15.7. The maximum atomic E-state index is 13.9. The van der Waals surface area contributed by atoms with Gasteiger partial charge >= 0.3 is 0 Å². The van der Waals surface area contributed by atoms with Crippen LogP contribution in [0.3, 0.4) is 0 Å². The van der Waals surface area contributed by atoms with Crippen molar-refractivity contribution in [2.45, 2.75) is 32.2 Å². The second-order valence-electron chi connectivity index (χ2n) is 9.43. The van der Waals surface area contributed by atoms with Crippen LogP contribution in [-0.2, 0) is 16.6 Å². The van der Waals surface area contributed by atoms with Gasteiger partial charge in [0, 0.05) is 23.8 Å². The van der Waals surface area contributed by atoms with E-state index in [1.54, 1.807) is 79.0 Å². The number of aryl methyl sites for hydroxylation is 1. The number of halogens is 1. The molecule has 0 saturated carbocycles. The Hall–Kier alpha value is -4.14. The van der Waals surface area contributed by atoms with Gasteiger partial charge in [0.2, 0.25) is 0 Å². The third-order valence-electron chi connectivity index (χ3n) is 6.67. The first-order chi connectivity index (χ1) is 19.7. The van der Waals surface area contributed by atoms with Gasteiger partial charge in [0.05, 0.1) is 28.9 Å². The molecule has 0 aliphatic carbocycles. The fraction of sp³-hybridized carbons (Fsp3) is 0.188. The zero-order chi connectivity index (χ0) is 29.4. The molecule has 0 heterocycles. The molecule has 0 aliphatic rings. The lowest BCUT2D eigenvalue weighted by atomic mass is 10.1. The molecule has 4 aromatic carbocycles. The van der Waals surface area contributed by atoms with Crippen molar-refractivity contribution in [1.29, 1.82) is 0 Å². The summed E-state index contributed by atoms with van der Waals surface area (Å²) >= 11 is 6.06. The van der Waals surface area contributed by atoms with Crippen LogP contribution in [0.15, 0.2) is 107 Å². The van der Waals surface area contributed by atoms with Crippen molar-refractivity contribution in [2.24, 2.45) is 5.10 Å². The highest BCUT2D eigenvalue weighted by molar-refractivity contribution is 7.92. The van der Waals surface area contributed by atoms with E-state index in [2.05, 4.69) is 29.3 Å². The van der Waals surface area contributed by atoms with Gasteiger partial charge in [0.15, 0.2) is 0 Å². The van der Waals surface area contributed by atoms with Crippen molar-refractivity contribution >= 4 is 45.1 Å². The summed E-state index contributed by atoms with van der Waals surface area (Å²) in [5, 5.41) is 4.68. The zero-order valence-corrected chi connectivity index (χ0v) is 24.9. The van der Waals surface area contributed by atoms with Crippen LogP contribution >= 0.6 is 11.6 Å². The zero-order valence-electron chi connectivity index (χ0n) is 23.3. The van der Waals surface area contributed by atoms with Crippen molar-refractivity contribution in [3.8, 4) is 0 Å². The Labute approximate surface area is 247 Å². The summed E-state index contributed by atoms with van der Waals surface area (Å²) in [5.41, 5.74) is 6.55. The molecule has 212 valence electrons. The van der Waals surface area contributed by atoms with Crippen LogP contribution in [0.1, 0.15) is 40.9 Å². The lowest BCUT2D eigenvalue weighted by Gasteiger charge is -2.26. The fourth-order valence-corrected chi connectivity index (χ4v) is 5.96. The van der Waals surface area contributed by atoms with Gasteiger partial charge in [-0.05, 0) is 80.4 Å². The molecule has 0 aromatic heterocycles. The van der Waals surface area contributed by atoms with Crippen LogP contribution in [0.25, 0.3) is 0 Å². The first-order valence-corrected chi connectivity index (χ1v) is 15.2. The number of sulfonamides is 1. The molecule has 0 unspecified atom stereocenters.